The lowest BCUT2D eigenvalue weighted by Gasteiger charge is -2.31. The maximum Gasteiger partial charge on any atom is 0.303 e. The average Bonchev–Trinajstić information content (AvgIpc) is 2.16. The fourth-order valence-corrected chi connectivity index (χ4v) is 1.80. The number of hydrogen-bond acceptors (Lipinski definition) is 2. The van der Waals surface area contributed by atoms with Crippen LogP contribution in [0.3, 0.4) is 0 Å². The lowest BCUT2D eigenvalue weighted by Crippen LogP contribution is -2.33. The predicted octanol–water partition coefficient (Wildman–Crippen LogP) is 3.69. The SMILES string of the molecule is CCCCCC(CC)(CC)OC(C)=O. The Morgan fingerprint density at radius 2 is 1.71 bits per heavy atom. The van der Waals surface area contributed by atoms with Gasteiger partial charge in [0.15, 0.2) is 0 Å². The molecule has 0 unspecified atom stereocenters. The van der Waals surface area contributed by atoms with E-state index in [9.17, 15) is 4.79 Å². The molecule has 0 aromatic heterocycles. The standard InChI is InChI=1S/C12H24O2/c1-5-8-9-10-12(6-2,7-3)14-11(4)13/h5-10H2,1-4H3. The van der Waals surface area contributed by atoms with Gasteiger partial charge in [0, 0.05) is 6.92 Å². The molecule has 0 atom stereocenters. The van der Waals surface area contributed by atoms with Crippen LogP contribution in [0.4, 0.5) is 0 Å². The zero-order valence-electron chi connectivity index (χ0n) is 10.1. The molecule has 0 rings (SSSR count). The summed E-state index contributed by atoms with van der Waals surface area (Å²) in [4.78, 5) is 11.0. The number of unbranched alkanes of at least 4 members (excludes halogenated alkanes) is 2. The molecule has 0 aliphatic carbocycles. The Morgan fingerprint density at radius 1 is 1.14 bits per heavy atom. The first-order chi connectivity index (χ1) is 6.60. The molecule has 0 heterocycles. The minimum Gasteiger partial charge on any atom is -0.459 e. The van der Waals surface area contributed by atoms with Gasteiger partial charge in [0.2, 0.25) is 0 Å². The van der Waals surface area contributed by atoms with Crippen LogP contribution in [0, 0.1) is 0 Å². The molecule has 0 aliphatic rings. The van der Waals surface area contributed by atoms with Gasteiger partial charge in [-0.2, -0.15) is 0 Å². The van der Waals surface area contributed by atoms with Gasteiger partial charge in [-0.25, -0.2) is 0 Å². The minimum atomic E-state index is -0.193. The van der Waals surface area contributed by atoms with Crippen LogP contribution < -0.4 is 0 Å². The van der Waals surface area contributed by atoms with E-state index >= 15 is 0 Å². The van der Waals surface area contributed by atoms with Crippen molar-refractivity contribution in [3.05, 3.63) is 0 Å². The Labute approximate surface area is 88.0 Å². The molecule has 0 aromatic rings. The molecule has 0 bridgehead atoms. The van der Waals surface area contributed by atoms with E-state index in [0.717, 1.165) is 25.7 Å². The van der Waals surface area contributed by atoms with E-state index in [0.29, 0.717) is 0 Å². The second kappa shape index (κ2) is 6.86. The maximum absolute atomic E-state index is 11.0. The van der Waals surface area contributed by atoms with Gasteiger partial charge < -0.3 is 4.74 Å². The molecule has 0 spiro atoms. The van der Waals surface area contributed by atoms with Crippen LogP contribution in [-0.4, -0.2) is 11.6 Å². The molecule has 0 fully saturated rings. The highest BCUT2D eigenvalue weighted by atomic mass is 16.6. The van der Waals surface area contributed by atoms with E-state index in [4.69, 9.17) is 4.74 Å². The molecule has 2 nitrogen and oxygen atoms in total. The first-order valence-electron chi connectivity index (χ1n) is 5.79. The molecular weight excluding hydrogens is 176 g/mol. The molecule has 84 valence electrons. The Morgan fingerprint density at radius 3 is 2.07 bits per heavy atom. The van der Waals surface area contributed by atoms with Crippen molar-refractivity contribution in [2.45, 2.75) is 71.8 Å². The van der Waals surface area contributed by atoms with Crippen molar-refractivity contribution in [3.8, 4) is 0 Å². The summed E-state index contributed by atoms with van der Waals surface area (Å²) in [6, 6.07) is 0. The Kier molecular flexibility index (Phi) is 6.60. The monoisotopic (exact) mass is 200 g/mol. The number of esters is 1. The van der Waals surface area contributed by atoms with E-state index in [-0.39, 0.29) is 11.6 Å². The zero-order valence-corrected chi connectivity index (χ0v) is 10.1. The first-order valence-corrected chi connectivity index (χ1v) is 5.79. The summed E-state index contributed by atoms with van der Waals surface area (Å²) in [6.07, 6.45) is 6.45. The number of ether oxygens (including phenoxy) is 1. The third-order valence-corrected chi connectivity index (χ3v) is 2.88. The van der Waals surface area contributed by atoms with Crippen molar-refractivity contribution in [3.63, 3.8) is 0 Å². The molecule has 0 aliphatic heterocycles. The van der Waals surface area contributed by atoms with E-state index in [1.165, 1.54) is 19.8 Å². The Balaban J connectivity index is 4.14. The summed E-state index contributed by atoms with van der Waals surface area (Å²) in [7, 11) is 0. The number of hydrogen-bond donors (Lipinski definition) is 0. The topological polar surface area (TPSA) is 26.3 Å². The van der Waals surface area contributed by atoms with E-state index in [2.05, 4.69) is 20.8 Å². The molecule has 0 amide bonds. The van der Waals surface area contributed by atoms with Crippen LogP contribution in [-0.2, 0) is 9.53 Å². The average molecular weight is 200 g/mol. The van der Waals surface area contributed by atoms with Gasteiger partial charge >= 0.3 is 5.97 Å². The predicted molar refractivity (Wildman–Crippen MR) is 59.2 cm³/mol. The lowest BCUT2D eigenvalue weighted by atomic mass is 9.90. The van der Waals surface area contributed by atoms with Gasteiger partial charge in [-0.3, -0.25) is 4.79 Å². The molecule has 0 N–H and O–H groups in total. The molecule has 0 aromatic carbocycles. The molecular formula is C12H24O2. The van der Waals surface area contributed by atoms with Crippen molar-refractivity contribution in [1.82, 2.24) is 0 Å². The number of rotatable bonds is 7. The van der Waals surface area contributed by atoms with Crippen molar-refractivity contribution < 1.29 is 9.53 Å². The van der Waals surface area contributed by atoms with Gasteiger partial charge in [0.25, 0.3) is 0 Å². The summed E-state index contributed by atoms with van der Waals surface area (Å²) < 4.78 is 5.44. The van der Waals surface area contributed by atoms with Crippen LogP contribution >= 0.6 is 0 Å². The highest BCUT2D eigenvalue weighted by molar-refractivity contribution is 5.66. The third-order valence-electron chi connectivity index (χ3n) is 2.88. The van der Waals surface area contributed by atoms with Gasteiger partial charge in [-0.15, -0.1) is 0 Å². The van der Waals surface area contributed by atoms with E-state index < -0.39 is 0 Å². The molecule has 0 radical (unpaired) electrons. The van der Waals surface area contributed by atoms with Crippen LogP contribution in [0.25, 0.3) is 0 Å². The molecule has 0 saturated carbocycles. The summed E-state index contributed by atoms with van der Waals surface area (Å²) >= 11 is 0. The summed E-state index contributed by atoms with van der Waals surface area (Å²) in [5, 5.41) is 0. The van der Waals surface area contributed by atoms with E-state index in [1.807, 2.05) is 0 Å². The summed E-state index contributed by atoms with van der Waals surface area (Å²) in [6.45, 7) is 7.88. The second-order valence-corrected chi connectivity index (χ2v) is 3.94. The summed E-state index contributed by atoms with van der Waals surface area (Å²) in [5.74, 6) is -0.148. The van der Waals surface area contributed by atoms with Gasteiger partial charge in [0.05, 0.1) is 0 Å². The van der Waals surface area contributed by atoms with Crippen molar-refractivity contribution in [2.75, 3.05) is 0 Å². The fourth-order valence-electron chi connectivity index (χ4n) is 1.80. The van der Waals surface area contributed by atoms with Crippen LogP contribution in [0.5, 0.6) is 0 Å². The largest absolute Gasteiger partial charge is 0.459 e. The molecule has 14 heavy (non-hydrogen) atoms. The zero-order chi connectivity index (χ0) is 11.0. The number of carbonyl (C=O) groups is 1. The molecule has 0 saturated heterocycles. The Hall–Kier alpha value is -0.530. The van der Waals surface area contributed by atoms with Gasteiger partial charge in [-0.1, -0.05) is 33.6 Å². The van der Waals surface area contributed by atoms with Crippen LogP contribution in [0.2, 0.25) is 0 Å². The fraction of sp³-hybridized carbons (Fsp3) is 0.917. The van der Waals surface area contributed by atoms with Crippen LogP contribution in [0.15, 0.2) is 0 Å². The second-order valence-electron chi connectivity index (χ2n) is 3.94. The quantitative estimate of drug-likeness (QED) is 0.463. The highest BCUT2D eigenvalue weighted by Gasteiger charge is 2.28. The summed E-state index contributed by atoms with van der Waals surface area (Å²) in [5.41, 5.74) is -0.193. The number of carbonyl (C=O) groups excluding carboxylic acids is 1. The van der Waals surface area contributed by atoms with Gasteiger partial charge in [0.1, 0.15) is 5.60 Å². The minimum absolute atomic E-state index is 0.148. The van der Waals surface area contributed by atoms with Crippen LogP contribution in [0.1, 0.15) is 66.2 Å². The van der Waals surface area contributed by atoms with E-state index in [1.54, 1.807) is 0 Å². The first kappa shape index (κ1) is 13.5. The molecule has 2 heteroatoms. The van der Waals surface area contributed by atoms with Crippen molar-refractivity contribution >= 4 is 5.97 Å². The highest BCUT2D eigenvalue weighted by Crippen LogP contribution is 2.27. The smallest absolute Gasteiger partial charge is 0.303 e. The normalized spacial score (nSPS) is 11.4. The van der Waals surface area contributed by atoms with Gasteiger partial charge in [-0.05, 0) is 25.7 Å². The van der Waals surface area contributed by atoms with Crippen molar-refractivity contribution in [2.24, 2.45) is 0 Å². The third kappa shape index (κ3) is 4.64. The lowest BCUT2D eigenvalue weighted by molar-refractivity contribution is -0.158. The maximum atomic E-state index is 11.0. The van der Waals surface area contributed by atoms with Crippen molar-refractivity contribution in [1.29, 1.82) is 0 Å². The Bertz CT molecular complexity index is 160.